The van der Waals surface area contributed by atoms with E-state index in [4.69, 9.17) is 4.74 Å². The lowest BCUT2D eigenvalue weighted by molar-refractivity contribution is 0.302. The Morgan fingerprint density at radius 2 is 1.75 bits per heavy atom. The maximum atomic E-state index is 13.1. The zero-order chi connectivity index (χ0) is 14.4. The summed E-state index contributed by atoms with van der Waals surface area (Å²) in [6, 6.07) is 11.4. The second-order valence-corrected chi connectivity index (χ2v) is 4.41. The standard InChI is InChI=1S/C16H17F2NO/c1-2-19-10-12-5-3-4-6-13(12)11-20-14-7-8-15(17)16(18)9-14/h3-9,19H,2,10-11H2,1H3. The Hall–Kier alpha value is -1.94. The number of rotatable bonds is 6. The Labute approximate surface area is 117 Å². The second kappa shape index (κ2) is 7.01. The molecule has 0 amide bonds. The van der Waals surface area contributed by atoms with Gasteiger partial charge >= 0.3 is 0 Å². The van der Waals surface area contributed by atoms with Gasteiger partial charge in [-0.15, -0.1) is 0 Å². The second-order valence-electron chi connectivity index (χ2n) is 4.41. The zero-order valence-corrected chi connectivity index (χ0v) is 11.3. The highest BCUT2D eigenvalue weighted by Gasteiger charge is 2.05. The molecule has 0 aliphatic carbocycles. The van der Waals surface area contributed by atoms with Gasteiger partial charge in [-0.3, -0.25) is 0 Å². The number of nitrogens with one attached hydrogen (secondary N) is 1. The molecule has 2 aromatic carbocycles. The Balaban J connectivity index is 2.04. The molecule has 0 fully saturated rings. The van der Waals surface area contributed by atoms with Gasteiger partial charge < -0.3 is 10.1 Å². The largest absolute Gasteiger partial charge is 0.489 e. The summed E-state index contributed by atoms with van der Waals surface area (Å²) in [6.07, 6.45) is 0. The van der Waals surface area contributed by atoms with Crippen LogP contribution in [-0.4, -0.2) is 6.54 Å². The number of halogens is 2. The van der Waals surface area contributed by atoms with Gasteiger partial charge in [0.05, 0.1) is 0 Å². The summed E-state index contributed by atoms with van der Waals surface area (Å²) in [7, 11) is 0. The summed E-state index contributed by atoms with van der Waals surface area (Å²) in [5.41, 5.74) is 2.16. The highest BCUT2D eigenvalue weighted by molar-refractivity contribution is 5.28. The molecule has 0 aromatic heterocycles. The molecule has 106 valence electrons. The van der Waals surface area contributed by atoms with Gasteiger partial charge in [-0.05, 0) is 29.8 Å². The number of benzene rings is 2. The molecule has 2 rings (SSSR count). The lowest BCUT2D eigenvalue weighted by Crippen LogP contribution is -2.14. The summed E-state index contributed by atoms with van der Waals surface area (Å²) < 4.78 is 31.4. The van der Waals surface area contributed by atoms with E-state index in [1.54, 1.807) is 0 Å². The molecule has 2 nitrogen and oxygen atoms in total. The van der Waals surface area contributed by atoms with Gasteiger partial charge in [0.15, 0.2) is 11.6 Å². The van der Waals surface area contributed by atoms with Crippen LogP contribution in [0, 0.1) is 11.6 Å². The third-order valence-electron chi connectivity index (χ3n) is 2.97. The van der Waals surface area contributed by atoms with Crippen LogP contribution in [0.2, 0.25) is 0 Å². The quantitative estimate of drug-likeness (QED) is 0.870. The van der Waals surface area contributed by atoms with E-state index < -0.39 is 11.6 Å². The van der Waals surface area contributed by atoms with Crippen molar-refractivity contribution in [2.75, 3.05) is 6.54 Å². The molecule has 0 atom stereocenters. The topological polar surface area (TPSA) is 21.3 Å². The van der Waals surface area contributed by atoms with Crippen LogP contribution in [0.3, 0.4) is 0 Å². The first-order chi connectivity index (χ1) is 9.70. The lowest BCUT2D eigenvalue weighted by Gasteiger charge is -2.11. The normalized spacial score (nSPS) is 10.6. The van der Waals surface area contributed by atoms with Crippen molar-refractivity contribution >= 4 is 0 Å². The van der Waals surface area contributed by atoms with Crippen LogP contribution in [0.1, 0.15) is 18.1 Å². The molecule has 2 aromatic rings. The van der Waals surface area contributed by atoms with Crippen molar-refractivity contribution < 1.29 is 13.5 Å². The highest BCUT2D eigenvalue weighted by atomic mass is 19.2. The molecule has 0 heterocycles. The molecule has 0 spiro atoms. The zero-order valence-electron chi connectivity index (χ0n) is 11.3. The number of hydrogen-bond donors (Lipinski definition) is 1. The molecule has 1 N–H and O–H groups in total. The predicted octanol–water partition coefficient (Wildman–Crippen LogP) is 3.65. The first-order valence-corrected chi connectivity index (χ1v) is 6.56. The lowest BCUT2D eigenvalue weighted by atomic mass is 10.1. The van der Waals surface area contributed by atoms with Crippen molar-refractivity contribution in [3.8, 4) is 5.75 Å². The van der Waals surface area contributed by atoms with E-state index in [1.807, 2.05) is 31.2 Å². The molecular formula is C16H17F2NO. The number of hydrogen-bond acceptors (Lipinski definition) is 2. The van der Waals surface area contributed by atoms with Crippen molar-refractivity contribution in [2.24, 2.45) is 0 Å². The predicted molar refractivity (Wildman–Crippen MR) is 74.5 cm³/mol. The van der Waals surface area contributed by atoms with E-state index in [-0.39, 0.29) is 0 Å². The van der Waals surface area contributed by atoms with Crippen molar-refractivity contribution in [3.05, 3.63) is 65.2 Å². The van der Waals surface area contributed by atoms with Gasteiger partial charge in [0.2, 0.25) is 0 Å². The van der Waals surface area contributed by atoms with Gasteiger partial charge in [0, 0.05) is 12.6 Å². The first kappa shape index (κ1) is 14.5. The summed E-state index contributed by atoms with van der Waals surface area (Å²) in [5, 5.41) is 3.25. The highest BCUT2D eigenvalue weighted by Crippen LogP contribution is 2.18. The monoisotopic (exact) mass is 277 g/mol. The molecule has 20 heavy (non-hydrogen) atoms. The van der Waals surface area contributed by atoms with E-state index in [1.165, 1.54) is 6.07 Å². The summed E-state index contributed by atoms with van der Waals surface area (Å²) in [5.74, 6) is -1.45. The maximum Gasteiger partial charge on any atom is 0.162 e. The van der Waals surface area contributed by atoms with Crippen LogP contribution in [-0.2, 0) is 13.2 Å². The molecule has 4 heteroatoms. The minimum absolute atomic E-state index is 0.321. The smallest absolute Gasteiger partial charge is 0.162 e. The third kappa shape index (κ3) is 3.78. The Bertz CT molecular complexity index is 572. The molecular weight excluding hydrogens is 260 g/mol. The van der Waals surface area contributed by atoms with Crippen LogP contribution < -0.4 is 10.1 Å². The van der Waals surface area contributed by atoms with Crippen molar-refractivity contribution in [3.63, 3.8) is 0 Å². The molecule has 0 aliphatic rings. The fraction of sp³-hybridized carbons (Fsp3) is 0.250. The SMILES string of the molecule is CCNCc1ccccc1COc1ccc(F)c(F)c1. The van der Waals surface area contributed by atoms with E-state index in [0.29, 0.717) is 12.4 Å². The minimum atomic E-state index is -0.900. The molecule has 0 saturated carbocycles. The van der Waals surface area contributed by atoms with E-state index in [2.05, 4.69) is 5.32 Å². The van der Waals surface area contributed by atoms with Gasteiger partial charge in [0.1, 0.15) is 12.4 Å². The van der Waals surface area contributed by atoms with Crippen LogP contribution in [0.4, 0.5) is 8.78 Å². The Kier molecular flexibility index (Phi) is 5.07. The van der Waals surface area contributed by atoms with Gasteiger partial charge in [-0.1, -0.05) is 31.2 Å². The molecule has 0 saturated heterocycles. The maximum absolute atomic E-state index is 13.1. The van der Waals surface area contributed by atoms with Crippen molar-refractivity contribution in [1.82, 2.24) is 5.32 Å². The third-order valence-corrected chi connectivity index (χ3v) is 2.97. The molecule has 0 bridgehead atoms. The van der Waals surface area contributed by atoms with E-state index in [9.17, 15) is 8.78 Å². The fourth-order valence-electron chi connectivity index (χ4n) is 1.86. The van der Waals surface area contributed by atoms with Crippen LogP contribution in [0.15, 0.2) is 42.5 Å². The average Bonchev–Trinajstić information content (AvgIpc) is 2.47. The van der Waals surface area contributed by atoms with Crippen LogP contribution in [0.5, 0.6) is 5.75 Å². The van der Waals surface area contributed by atoms with Gasteiger partial charge in [-0.25, -0.2) is 8.78 Å². The number of ether oxygens (including phenoxy) is 1. The fourth-order valence-corrected chi connectivity index (χ4v) is 1.86. The summed E-state index contributed by atoms with van der Waals surface area (Å²) in [4.78, 5) is 0. The van der Waals surface area contributed by atoms with Crippen molar-refractivity contribution in [1.29, 1.82) is 0 Å². The summed E-state index contributed by atoms with van der Waals surface area (Å²) in [6.45, 7) is 4.01. The van der Waals surface area contributed by atoms with E-state index >= 15 is 0 Å². The van der Waals surface area contributed by atoms with Gasteiger partial charge in [0.25, 0.3) is 0 Å². The summed E-state index contributed by atoms with van der Waals surface area (Å²) >= 11 is 0. The molecule has 0 aliphatic heterocycles. The van der Waals surface area contributed by atoms with Crippen LogP contribution in [0.25, 0.3) is 0 Å². The Morgan fingerprint density at radius 1 is 1.00 bits per heavy atom. The Morgan fingerprint density at radius 3 is 2.45 bits per heavy atom. The van der Waals surface area contributed by atoms with E-state index in [0.717, 1.165) is 36.3 Å². The average molecular weight is 277 g/mol. The van der Waals surface area contributed by atoms with Crippen molar-refractivity contribution in [2.45, 2.75) is 20.1 Å². The van der Waals surface area contributed by atoms with Crippen LogP contribution >= 0.6 is 0 Å². The minimum Gasteiger partial charge on any atom is -0.489 e. The first-order valence-electron chi connectivity index (χ1n) is 6.56. The van der Waals surface area contributed by atoms with Gasteiger partial charge in [-0.2, -0.15) is 0 Å². The molecule has 0 unspecified atom stereocenters. The molecule has 0 radical (unpaired) electrons.